The Morgan fingerprint density at radius 1 is 1.14 bits per heavy atom. The first-order valence-corrected chi connectivity index (χ1v) is 9.98. The number of hydrogen-bond acceptors (Lipinski definition) is 4. The van der Waals surface area contributed by atoms with Crippen molar-refractivity contribution >= 4 is 28.3 Å². The van der Waals surface area contributed by atoms with Crippen LogP contribution < -0.4 is 10.9 Å². The fourth-order valence-electron chi connectivity index (χ4n) is 3.44. The fourth-order valence-corrected chi connectivity index (χ4v) is 3.56. The van der Waals surface area contributed by atoms with Gasteiger partial charge in [-0.25, -0.2) is 4.68 Å². The molecule has 0 aliphatic carbocycles. The van der Waals surface area contributed by atoms with Gasteiger partial charge in [0, 0.05) is 23.3 Å². The molecule has 1 unspecified atom stereocenters. The van der Waals surface area contributed by atoms with Crippen molar-refractivity contribution in [3.8, 4) is 0 Å². The van der Waals surface area contributed by atoms with Crippen LogP contribution >= 0.6 is 11.6 Å². The van der Waals surface area contributed by atoms with Crippen LogP contribution in [0.15, 0.2) is 53.3 Å². The van der Waals surface area contributed by atoms with Crippen LogP contribution in [-0.4, -0.2) is 34.4 Å². The zero-order valence-corrected chi connectivity index (χ0v) is 17.0. The van der Waals surface area contributed by atoms with Crippen molar-refractivity contribution in [1.29, 1.82) is 0 Å². The Bertz CT molecular complexity index is 1050. The maximum absolute atomic E-state index is 13.1. The number of carboxylic acid groups (broad SMARTS) is 1. The number of halogens is 1. The van der Waals surface area contributed by atoms with Gasteiger partial charge in [-0.1, -0.05) is 41.9 Å². The molecule has 0 aliphatic heterocycles. The third-order valence-corrected chi connectivity index (χ3v) is 5.21. The van der Waals surface area contributed by atoms with Crippen LogP contribution in [0.1, 0.15) is 36.6 Å². The van der Waals surface area contributed by atoms with Gasteiger partial charge in [-0.2, -0.15) is 5.10 Å². The average molecular weight is 414 g/mol. The van der Waals surface area contributed by atoms with Crippen molar-refractivity contribution in [2.75, 3.05) is 13.6 Å². The largest absolute Gasteiger partial charge is 0.481 e. The minimum atomic E-state index is -0.880. The molecule has 152 valence electrons. The molecule has 0 radical (unpaired) electrons. The molecule has 7 heteroatoms. The summed E-state index contributed by atoms with van der Waals surface area (Å²) in [5.74, 6) is -0.880. The van der Waals surface area contributed by atoms with E-state index in [1.165, 1.54) is 4.68 Å². The predicted octanol–water partition coefficient (Wildman–Crippen LogP) is 3.66. The van der Waals surface area contributed by atoms with Gasteiger partial charge in [-0.05, 0) is 50.2 Å². The number of nitrogens with one attached hydrogen (secondary N) is 1. The molecule has 3 aromatic rings. The van der Waals surface area contributed by atoms with Crippen molar-refractivity contribution in [3.63, 3.8) is 0 Å². The number of hydrogen-bond donors (Lipinski definition) is 2. The Morgan fingerprint density at radius 3 is 2.48 bits per heavy atom. The molecule has 0 bridgehead atoms. The first-order chi connectivity index (χ1) is 14.0. The molecule has 0 fully saturated rings. The van der Waals surface area contributed by atoms with Crippen molar-refractivity contribution in [2.45, 2.75) is 31.7 Å². The monoisotopic (exact) mass is 413 g/mol. The van der Waals surface area contributed by atoms with Crippen LogP contribution in [0.2, 0.25) is 5.02 Å². The van der Waals surface area contributed by atoms with E-state index in [-0.39, 0.29) is 18.0 Å². The molecule has 6 nitrogen and oxygen atoms in total. The predicted molar refractivity (Wildman–Crippen MR) is 115 cm³/mol. The molecule has 1 aromatic heterocycles. The zero-order chi connectivity index (χ0) is 20.8. The average Bonchev–Trinajstić information content (AvgIpc) is 2.72. The van der Waals surface area contributed by atoms with Crippen LogP contribution in [0.4, 0.5) is 0 Å². The first kappa shape index (κ1) is 21.0. The molecule has 0 saturated carbocycles. The molecule has 2 aromatic carbocycles. The van der Waals surface area contributed by atoms with Crippen LogP contribution in [0.25, 0.3) is 10.8 Å². The van der Waals surface area contributed by atoms with Crippen LogP contribution in [0.5, 0.6) is 0 Å². The second-order valence-electron chi connectivity index (χ2n) is 7.02. The number of carbonyl (C=O) groups is 1. The highest BCUT2D eigenvalue weighted by molar-refractivity contribution is 6.30. The molecule has 1 heterocycles. The number of benzene rings is 2. The van der Waals surface area contributed by atoms with Gasteiger partial charge in [-0.15, -0.1) is 0 Å². The molecule has 2 N–H and O–H groups in total. The Hall–Kier alpha value is -2.70. The van der Waals surface area contributed by atoms with Gasteiger partial charge in [0.15, 0.2) is 0 Å². The zero-order valence-electron chi connectivity index (χ0n) is 16.3. The molecule has 1 atom stereocenters. The number of nitrogens with zero attached hydrogens (tertiary/aromatic N) is 2. The lowest BCUT2D eigenvalue weighted by molar-refractivity contribution is -0.137. The van der Waals surface area contributed by atoms with E-state index in [0.717, 1.165) is 16.6 Å². The maximum atomic E-state index is 13.1. The van der Waals surface area contributed by atoms with Crippen molar-refractivity contribution in [3.05, 3.63) is 75.2 Å². The lowest BCUT2D eigenvalue weighted by Gasteiger charge is -2.20. The van der Waals surface area contributed by atoms with Crippen LogP contribution in [0.3, 0.4) is 0 Å². The number of aliphatic carboxylic acids is 1. The number of carboxylic acids is 1. The van der Waals surface area contributed by atoms with Crippen molar-refractivity contribution in [1.82, 2.24) is 15.1 Å². The quantitative estimate of drug-likeness (QED) is 0.559. The Kier molecular flexibility index (Phi) is 7.01. The Morgan fingerprint density at radius 2 is 1.83 bits per heavy atom. The summed E-state index contributed by atoms with van der Waals surface area (Å²) in [4.78, 5) is 24.2. The highest BCUT2D eigenvalue weighted by Gasteiger charge is 2.19. The summed E-state index contributed by atoms with van der Waals surface area (Å²) in [6.45, 7) is 0.664. The van der Waals surface area contributed by atoms with Gasteiger partial charge >= 0.3 is 5.97 Å². The van der Waals surface area contributed by atoms with E-state index < -0.39 is 5.97 Å². The van der Waals surface area contributed by atoms with Gasteiger partial charge in [-0.3, -0.25) is 9.59 Å². The lowest BCUT2D eigenvalue weighted by Crippen LogP contribution is -2.31. The smallest absolute Gasteiger partial charge is 0.303 e. The minimum Gasteiger partial charge on any atom is -0.481 e. The normalized spacial score (nSPS) is 12.2. The van der Waals surface area contributed by atoms with Crippen molar-refractivity contribution in [2.24, 2.45) is 0 Å². The van der Waals surface area contributed by atoms with E-state index in [2.05, 4.69) is 5.32 Å². The molecule has 29 heavy (non-hydrogen) atoms. The third kappa shape index (κ3) is 5.22. The van der Waals surface area contributed by atoms with E-state index in [1.54, 1.807) is 6.07 Å². The highest BCUT2D eigenvalue weighted by Crippen LogP contribution is 2.22. The molecular weight excluding hydrogens is 390 g/mol. The van der Waals surface area contributed by atoms with E-state index in [0.29, 0.717) is 36.2 Å². The fraction of sp³-hybridized carbons (Fsp3) is 0.318. The summed E-state index contributed by atoms with van der Waals surface area (Å²) >= 11 is 5.99. The van der Waals surface area contributed by atoms with E-state index in [4.69, 9.17) is 21.8 Å². The summed E-state index contributed by atoms with van der Waals surface area (Å²) in [6.07, 6.45) is 1.51. The molecule has 0 aliphatic rings. The summed E-state index contributed by atoms with van der Waals surface area (Å²) in [7, 11) is 1.83. The summed E-state index contributed by atoms with van der Waals surface area (Å²) in [5.41, 5.74) is 1.63. The topological polar surface area (TPSA) is 84.2 Å². The maximum Gasteiger partial charge on any atom is 0.303 e. The molecule has 0 saturated heterocycles. The summed E-state index contributed by atoms with van der Waals surface area (Å²) < 4.78 is 1.48. The van der Waals surface area contributed by atoms with Crippen LogP contribution in [0, 0.1) is 0 Å². The minimum absolute atomic E-state index is 0.0121. The standard InChI is InChI=1S/C22H24ClN3O3/c1-24-13-12-17(10-11-21(27)28)26-22(29)19-5-3-2-4-18(19)20(25-26)14-15-6-8-16(23)9-7-15/h2-9,17,24H,10-14H2,1H3,(H,27,28). The number of rotatable bonds is 9. The third-order valence-electron chi connectivity index (χ3n) is 4.95. The Labute approximate surface area is 174 Å². The first-order valence-electron chi connectivity index (χ1n) is 9.61. The van der Waals surface area contributed by atoms with Crippen LogP contribution in [-0.2, 0) is 11.2 Å². The van der Waals surface area contributed by atoms with E-state index >= 15 is 0 Å². The Balaban J connectivity index is 2.08. The van der Waals surface area contributed by atoms with E-state index in [1.807, 2.05) is 49.5 Å². The second-order valence-corrected chi connectivity index (χ2v) is 7.46. The molecular formula is C22H24ClN3O3. The summed E-state index contributed by atoms with van der Waals surface area (Å²) in [5, 5.41) is 19.0. The van der Waals surface area contributed by atoms with Crippen molar-refractivity contribution < 1.29 is 9.90 Å². The SMILES string of the molecule is CNCCC(CCC(=O)O)n1nc(Cc2ccc(Cl)cc2)c2ccccc2c1=O. The second kappa shape index (κ2) is 9.67. The molecule has 3 rings (SSSR count). The van der Waals surface area contributed by atoms with Gasteiger partial charge in [0.1, 0.15) is 0 Å². The van der Waals surface area contributed by atoms with Gasteiger partial charge in [0.2, 0.25) is 0 Å². The van der Waals surface area contributed by atoms with Gasteiger partial charge < -0.3 is 10.4 Å². The van der Waals surface area contributed by atoms with Gasteiger partial charge in [0.05, 0.1) is 17.1 Å². The van der Waals surface area contributed by atoms with Gasteiger partial charge in [0.25, 0.3) is 5.56 Å². The number of fused-ring (bicyclic) bond motifs is 1. The molecule has 0 spiro atoms. The lowest BCUT2D eigenvalue weighted by atomic mass is 10.0. The molecule has 0 amide bonds. The summed E-state index contributed by atoms with van der Waals surface area (Å²) in [6, 6.07) is 14.7. The highest BCUT2D eigenvalue weighted by atomic mass is 35.5. The number of aromatic nitrogens is 2. The van der Waals surface area contributed by atoms with E-state index in [9.17, 15) is 9.59 Å².